The molecule has 1 aliphatic heterocycles. The van der Waals surface area contributed by atoms with Gasteiger partial charge in [-0.05, 0) is 49.6 Å². The fraction of sp³-hybridized carbons (Fsp3) is 0.300. The predicted octanol–water partition coefficient (Wildman–Crippen LogP) is 3.93. The number of anilines is 1. The monoisotopic (exact) mass is 338 g/mol. The zero-order valence-electron chi connectivity index (χ0n) is 14.2. The second kappa shape index (κ2) is 7.94. The fourth-order valence-corrected chi connectivity index (χ4v) is 2.97. The van der Waals surface area contributed by atoms with Crippen LogP contribution in [-0.4, -0.2) is 24.5 Å². The van der Waals surface area contributed by atoms with E-state index in [-0.39, 0.29) is 24.0 Å². The van der Waals surface area contributed by atoms with Crippen molar-refractivity contribution in [1.29, 1.82) is 0 Å². The summed E-state index contributed by atoms with van der Waals surface area (Å²) in [6.07, 6.45) is 1.55. The lowest BCUT2D eigenvalue weighted by Gasteiger charge is -2.30. The van der Waals surface area contributed by atoms with E-state index in [2.05, 4.69) is 10.6 Å². The van der Waals surface area contributed by atoms with Gasteiger partial charge in [-0.2, -0.15) is 0 Å². The Balaban J connectivity index is 1.54. The molecule has 0 unspecified atom stereocenters. The fourth-order valence-electron chi connectivity index (χ4n) is 2.97. The Morgan fingerprint density at radius 3 is 2.44 bits per heavy atom. The number of hydrogen-bond acceptors (Lipinski definition) is 3. The van der Waals surface area contributed by atoms with Gasteiger partial charge in [0.15, 0.2) is 5.78 Å². The van der Waals surface area contributed by atoms with Crippen LogP contribution in [0.25, 0.3) is 0 Å². The van der Waals surface area contributed by atoms with Crippen molar-refractivity contribution in [3.63, 3.8) is 0 Å². The number of carbonyl (C=O) groups excluding carboxylic acids is 2. The van der Waals surface area contributed by atoms with Crippen molar-refractivity contribution in [3.8, 4) is 0 Å². The molecule has 2 aromatic carbocycles. The van der Waals surface area contributed by atoms with Crippen molar-refractivity contribution in [2.45, 2.75) is 31.9 Å². The van der Waals surface area contributed by atoms with Crippen LogP contribution in [0.4, 0.5) is 10.5 Å². The molecule has 2 N–H and O–H groups in total. The molecule has 0 radical (unpaired) electrons. The standard InChI is InChI=1S/C20H22N2O3/c1-14(23)15-7-9-17(10-8-15)21-20(24)22-18-11-12-25-19(13-18)16-5-3-2-4-6-16/h2-10,18-19H,11-13H2,1H3,(H2,21,22,24)/t18-,19+/m0/s1. The highest BCUT2D eigenvalue weighted by Crippen LogP contribution is 2.27. The topological polar surface area (TPSA) is 67.4 Å². The Labute approximate surface area is 147 Å². The Hall–Kier alpha value is -2.66. The van der Waals surface area contributed by atoms with Crippen molar-refractivity contribution in [2.24, 2.45) is 0 Å². The summed E-state index contributed by atoms with van der Waals surface area (Å²) in [6, 6.07) is 16.8. The summed E-state index contributed by atoms with van der Waals surface area (Å²) in [6.45, 7) is 2.14. The normalized spacial score (nSPS) is 19.9. The van der Waals surface area contributed by atoms with Gasteiger partial charge in [0.25, 0.3) is 0 Å². The number of nitrogens with one attached hydrogen (secondary N) is 2. The molecular weight excluding hydrogens is 316 g/mol. The molecule has 0 aromatic heterocycles. The molecule has 5 heteroatoms. The van der Waals surface area contributed by atoms with Crippen LogP contribution >= 0.6 is 0 Å². The maximum Gasteiger partial charge on any atom is 0.319 e. The molecule has 1 saturated heterocycles. The Kier molecular flexibility index (Phi) is 5.46. The van der Waals surface area contributed by atoms with Gasteiger partial charge in [0.1, 0.15) is 0 Å². The molecule has 130 valence electrons. The second-order valence-electron chi connectivity index (χ2n) is 6.22. The summed E-state index contributed by atoms with van der Waals surface area (Å²) < 4.78 is 5.83. The molecule has 1 fully saturated rings. The lowest BCUT2D eigenvalue weighted by molar-refractivity contribution is 0.00253. The predicted molar refractivity (Wildman–Crippen MR) is 96.8 cm³/mol. The number of Topliss-reactive ketones (excluding diaryl/α,β-unsaturated/α-hetero) is 1. The second-order valence-corrected chi connectivity index (χ2v) is 6.22. The van der Waals surface area contributed by atoms with Gasteiger partial charge in [0, 0.05) is 23.9 Å². The van der Waals surface area contributed by atoms with E-state index in [4.69, 9.17) is 4.74 Å². The van der Waals surface area contributed by atoms with Crippen molar-refractivity contribution < 1.29 is 14.3 Å². The highest BCUT2D eigenvalue weighted by Gasteiger charge is 2.25. The van der Waals surface area contributed by atoms with Gasteiger partial charge < -0.3 is 15.4 Å². The van der Waals surface area contributed by atoms with E-state index in [1.165, 1.54) is 6.92 Å². The van der Waals surface area contributed by atoms with E-state index < -0.39 is 0 Å². The number of rotatable bonds is 4. The van der Waals surface area contributed by atoms with E-state index in [1.54, 1.807) is 24.3 Å². The average molecular weight is 338 g/mol. The Morgan fingerprint density at radius 1 is 1.04 bits per heavy atom. The minimum absolute atomic E-state index is 0.00478. The summed E-state index contributed by atoms with van der Waals surface area (Å²) in [4.78, 5) is 23.5. The molecule has 2 aromatic rings. The van der Waals surface area contributed by atoms with Crippen molar-refractivity contribution in [2.75, 3.05) is 11.9 Å². The van der Waals surface area contributed by atoms with Crippen molar-refractivity contribution in [3.05, 3.63) is 65.7 Å². The molecule has 25 heavy (non-hydrogen) atoms. The quantitative estimate of drug-likeness (QED) is 0.830. The van der Waals surface area contributed by atoms with Crippen LogP contribution in [0.1, 0.15) is 41.8 Å². The first-order valence-electron chi connectivity index (χ1n) is 8.47. The van der Waals surface area contributed by atoms with Crippen molar-refractivity contribution >= 4 is 17.5 Å². The minimum atomic E-state index is -0.241. The number of ketones is 1. The summed E-state index contributed by atoms with van der Waals surface area (Å²) in [5.41, 5.74) is 2.42. The smallest absolute Gasteiger partial charge is 0.319 e. The third-order valence-electron chi connectivity index (χ3n) is 4.34. The van der Waals surface area contributed by atoms with E-state index in [0.29, 0.717) is 17.9 Å². The molecule has 0 saturated carbocycles. The van der Waals surface area contributed by atoms with Crippen LogP contribution in [0, 0.1) is 0 Å². The number of ether oxygens (including phenoxy) is 1. The van der Waals surface area contributed by atoms with E-state index in [1.807, 2.05) is 30.3 Å². The lowest BCUT2D eigenvalue weighted by atomic mass is 9.97. The summed E-state index contributed by atoms with van der Waals surface area (Å²) >= 11 is 0. The van der Waals surface area contributed by atoms with Gasteiger partial charge in [0.2, 0.25) is 0 Å². The zero-order chi connectivity index (χ0) is 17.6. The van der Waals surface area contributed by atoms with Crippen LogP contribution in [0.3, 0.4) is 0 Å². The maximum atomic E-state index is 12.2. The Bertz CT molecular complexity index is 728. The van der Waals surface area contributed by atoms with E-state index in [0.717, 1.165) is 18.4 Å². The molecule has 5 nitrogen and oxygen atoms in total. The lowest BCUT2D eigenvalue weighted by Crippen LogP contribution is -2.42. The first-order valence-corrected chi connectivity index (χ1v) is 8.47. The number of hydrogen-bond donors (Lipinski definition) is 2. The summed E-state index contributed by atoms with van der Waals surface area (Å²) in [5.74, 6) is 0.00478. The molecule has 0 spiro atoms. The molecule has 2 atom stereocenters. The van der Waals surface area contributed by atoms with Crippen LogP contribution in [0.2, 0.25) is 0 Å². The number of amides is 2. The van der Waals surface area contributed by atoms with Gasteiger partial charge in [-0.15, -0.1) is 0 Å². The SMILES string of the molecule is CC(=O)c1ccc(NC(=O)N[C@H]2CCO[C@@H](c3ccccc3)C2)cc1. The first kappa shape index (κ1) is 17.2. The summed E-state index contributed by atoms with van der Waals surface area (Å²) in [5, 5.41) is 5.82. The molecule has 0 aliphatic carbocycles. The van der Waals surface area contributed by atoms with Crippen molar-refractivity contribution in [1.82, 2.24) is 5.32 Å². The number of carbonyl (C=O) groups is 2. The Morgan fingerprint density at radius 2 is 1.76 bits per heavy atom. The first-order chi connectivity index (χ1) is 12.1. The van der Waals surface area contributed by atoms with Gasteiger partial charge in [-0.25, -0.2) is 4.79 Å². The third-order valence-corrected chi connectivity index (χ3v) is 4.34. The average Bonchev–Trinajstić information content (AvgIpc) is 2.63. The molecule has 3 rings (SSSR count). The van der Waals surface area contributed by atoms with E-state index >= 15 is 0 Å². The van der Waals surface area contributed by atoms with Gasteiger partial charge in [0.05, 0.1) is 6.10 Å². The molecule has 2 amide bonds. The number of urea groups is 1. The number of benzene rings is 2. The molecular formula is C20H22N2O3. The van der Waals surface area contributed by atoms with Crippen LogP contribution in [0.15, 0.2) is 54.6 Å². The molecule has 0 bridgehead atoms. The van der Waals surface area contributed by atoms with Crippen LogP contribution in [-0.2, 0) is 4.74 Å². The third kappa shape index (κ3) is 4.67. The molecule has 1 heterocycles. The highest BCUT2D eigenvalue weighted by molar-refractivity contribution is 5.95. The summed E-state index contributed by atoms with van der Waals surface area (Å²) in [7, 11) is 0. The minimum Gasteiger partial charge on any atom is -0.373 e. The highest BCUT2D eigenvalue weighted by atomic mass is 16.5. The van der Waals surface area contributed by atoms with Crippen LogP contribution < -0.4 is 10.6 Å². The van der Waals surface area contributed by atoms with Gasteiger partial charge in [-0.1, -0.05) is 30.3 Å². The van der Waals surface area contributed by atoms with E-state index in [9.17, 15) is 9.59 Å². The van der Waals surface area contributed by atoms with Gasteiger partial charge in [-0.3, -0.25) is 4.79 Å². The van der Waals surface area contributed by atoms with Crippen LogP contribution in [0.5, 0.6) is 0 Å². The maximum absolute atomic E-state index is 12.2. The zero-order valence-corrected chi connectivity index (χ0v) is 14.2. The molecule has 1 aliphatic rings. The largest absolute Gasteiger partial charge is 0.373 e. The van der Waals surface area contributed by atoms with Gasteiger partial charge >= 0.3 is 6.03 Å².